The number of benzene rings is 2. The van der Waals surface area contributed by atoms with Crippen molar-refractivity contribution in [3.05, 3.63) is 41.0 Å². The van der Waals surface area contributed by atoms with Gasteiger partial charge in [0, 0.05) is 18.8 Å². The predicted octanol–water partition coefficient (Wildman–Crippen LogP) is 5.74. The minimum absolute atomic E-state index is 0.130. The first kappa shape index (κ1) is 25.3. The number of methoxy groups -OCH3 is 2. The number of aryl methyl sites for hydroxylation is 1. The summed E-state index contributed by atoms with van der Waals surface area (Å²) in [6, 6.07) is 8.08. The van der Waals surface area contributed by atoms with Crippen molar-refractivity contribution in [1.29, 1.82) is 0 Å². The van der Waals surface area contributed by atoms with Crippen LogP contribution in [0.2, 0.25) is 0 Å². The van der Waals surface area contributed by atoms with Gasteiger partial charge in [-0.2, -0.15) is 0 Å². The van der Waals surface area contributed by atoms with Gasteiger partial charge in [-0.25, -0.2) is 10.3 Å². The first-order valence-corrected chi connectivity index (χ1v) is 12.5. The first-order valence-electron chi connectivity index (χ1n) is 12.5. The predicted molar refractivity (Wildman–Crippen MR) is 135 cm³/mol. The van der Waals surface area contributed by atoms with Crippen LogP contribution in [0.4, 0.5) is 5.69 Å². The van der Waals surface area contributed by atoms with Crippen LogP contribution in [0, 0.1) is 19.8 Å². The molecule has 1 heterocycles. The largest absolute Gasteiger partial charge is 0.496 e. The molecule has 0 amide bonds. The van der Waals surface area contributed by atoms with Crippen LogP contribution in [-0.2, 0) is 25.7 Å². The van der Waals surface area contributed by atoms with Gasteiger partial charge in [-0.3, -0.25) is 0 Å². The van der Waals surface area contributed by atoms with Gasteiger partial charge in [0.15, 0.2) is 0 Å². The van der Waals surface area contributed by atoms with E-state index >= 15 is 0 Å². The number of ether oxygens (including phenoxy) is 4. The quantitative estimate of drug-likeness (QED) is 0.456. The van der Waals surface area contributed by atoms with E-state index in [1.165, 1.54) is 12.8 Å². The Morgan fingerprint density at radius 1 is 0.971 bits per heavy atom. The van der Waals surface area contributed by atoms with E-state index in [1.807, 2.05) is 31.2 Å². The minimum Gasteiger partial charge on any atom is -0.496 e. The monoisotopic (exact) mass is 483 g/mol. The summed E-state index contributed by atoms with van der Waals surface area (Å²) in [4.78, 5) is 18.0. The zero-order valence-corrected chi connectivity index (χ0v) is 21.3. The Morgan fingerprint density at radius 3 is 2.26 bits per heavy atom. The topological polar surface area (TPSA) is 75.3 Å². The molecule has 0 bridgehead atoms. The zero-order valence-electron chi connectivity index (χ0n) is 21.3. The van der Waals surface area contributed by atoms with Crippen molar-refractivity contribution in [2.45, 2.75) is 65.1 Å². The molecule has 190 valence electrons. The molecular weight excluding hydrogens is 446 g/mol. The third-order valence-electron chi connectivity index (χ3n) is 7.06. The van der Waals surface area contributed by atoms with Gasteiger partial charge in [0.1, 0.15) is 11.5 Å². The number of carbonyl (C=O) groups excluding carboxylic acids is 1. The van der Waals surface area contributed by atoms with Gasteiger partial charge in [-0.05, 0) is 86.1 Å². The summed E-state index contributed by atoms with van der Waals surface area (Å²) >= 11 is 0. The normalized spacial score (nSPS) is 16.8. The van der Waals surface area contributed by atoms with Crippen LogP contribution in [-0.4, -0.2) is 39.5 Å². The molecule has 7 nitrogen and oxygen atoms in total. The lowest BCUT2D eigenvalue weighted by atomic mass is 9.93. The van der Waals surface area contributed by atoms with Crippen molar-refractivity contribution in [3.8, 4) is 22.6 Å². The summed E-state index contributed by atoms with van der Waals surface area (Å²) in [5, 5.41) is 0. The second-order valence-electron chi connectivity index (χ2n) is 9.46. The zero-order chi connectivity index (χ0) is 24.8. The van der Waals surface area contributed by atoms with Crippen LogP contribution in [0.15, 0.2) is 24.3 Å². The standard InChI is InChI=1S/C28H37NO6/c1-18-13-23(29-35-28(30)20-9-11-33-12-10-20)14-22(17-34-24-7-5-6-8-24)27(18)21-15-25(31-3)19(2)26(16-21)32-4/h13-16,20,24,29H,5-12,17H2,1-4H3. The fraction of sp³-hybridized carbons (Fsp3) is 0.536. The fourth-order valence-corrected chi connectivity index (χ4v) is 5.06. The highest BCUT2D eigenvalue weighted by Gasteiger charge is 2.24. The highest BCUT2D eigenvalue weighted by atomic mass is 16.7. The molecule has 35 heavy (non-hydrogen) atoms. The van der Waals surface area contributed by atoms with Crippen molar-refractivity contribution in [2.75, 3.05) is 32.9 Å². The van der Waals surface area contributed by atoms with Crippen LogP contribution < -0.4 is 15.0 Å². The summed E-state index contributed by atoms with van der Waals surface area (Å²) in [7, 11) is 3.34. The molecular formula is C28H37NO6. The van der Waals surface area contributed by atoms with Crippen LogP contribution in [0.25, 0.3) is 11.1 Å². The van der Waals surface area contributed by atoms with E-state index in [2.05, 4.69) is 12.4 Å². The molecule has 1 saturated heterocycles. The van der Waals surface area contributed by atoms with E-state index in [1.54, 1.807) is 14.2 Å². The van der Waals surface area contributed by atoms with Crippen molar-refractivity contribution in [3.63, 3.8) is 0 Å². The summed E-state index contributed by atoms with van der Waals surface area (Å²) < 4.78 is 22.9. The summed E-state index contributed by atoms with van der Waals surface area (Å²) in [6.07, 6.45) is 6.29. The maximum Gasteiger partial charge on any atom is 0.335 e. The van der Waals surface area contributed by atoms with E-state index < -0.39 is 0 Å². The Labute approximate surface area is 208 Å². The number of hydrogen-bond donors (Lipinski definition) is 1. The lowest BCUT2D eigenvalue weighted by Crippen LogP contribution is -2.26. The molecule has 0 atom stereocenters. The number of rotatable bonds is 9. The highest BCUT2D eigenvalue weighted by molar-refractivity contribution is 5.78. The second kappa shape index (κ2) is 11.8. The molecule has 0 unspecified atom stereocenters. The Morgan fingerprint density at radius 2 is 1.63 bits per heavy atom. The first-order chi connectivity index (χ1) is 17.0. The molecule has 4 rings (SSSR count). The van der Waals surface area contributed by atoms with Crippen LogP contribution in [0.1, 0.15) is 55.2 Å². The molecule has 0 aromatic heterocycles. The molecule has 2 aliphatic rings. The average molecular weight is 484 g/mol. The molecule has 1 aliphatic heterocycles. The molecule has 2 aromatic carbocycles. The van der Waals surface area contributed by atoms with E-state index in [4.69, 9.17) is 23.8 Å². The molecule has 1 N–H and O–H groups in total. The van der Waals surface area contributed by atoms with E-state index in [0.717, 1.165) is 57.8 Å². The Kier molecular flexibility index (Phi) is 8.52. The van der Waals surface area contributed by atoms with Crippen LogP contribution in [0.5, 0.6) is 11.5 Å². The van der Waals surface area contributed by atoms with E-state index in [-0.39, 0.29) is 18.0 Å². The molecule has 0 spiro atoms. The Bertz CT molecular complexity index is 999. The molecule has 0 radical (unpaired) electrons. The Balaban J connectivity index is 1.62. The van der Waals surface area contributed by atoms with Crippen LogP contribution in [0.3, 0.4) is 0 Å². The van der Waals surface area contributed by atoms with Gasteiger partial charge in [-0.15, -0.1) is 0 Å². The summed E-state index contributed by atoms with van der Waals surface area (Å²) in [5.41, 5.74) is 8.70. The Hall–Kier alpha value is -2.77. The molecule has 7 heteroatoms. The van der Waals surface area contributed by atoms with Gasteiger partial charge in [0.05, 0.1) is 38.5 Å². The maximum absolute atomic E-state index is 12.5. The summed E-state index contributed by atoms with van der Waals surface area (Å²) in [6.45, 7) is 5.71. The lowest BCUT2D eigenvalue weighted by Gasteiger charge is -2.22. The van der Waals surface area contributed by atoms with Crippen molar-refractivity contribution in [2.24, 2.45) is 5.92 Å². The molecule has 2 aromatic rings. The van der Waals surface area contributed by atoms with E-state index in [9.17, 15) is 4.79 Å². The van der Waals surface area contributed by atoms with Crippen molar-refractivity contribution in [1.82, 2.24) is 0 Å². The van der Waals surface area contributed by atoms with Crippen molar-refractivity contribution < 1.29 is 28.6 Å². The van der Waals surface area contributed by atoms with Crippen LogP contribution >= 0.6 is 0 Å². The SMILES string of the molecule is COc1cc(-c2c(C)cc(NOC(=O)C3CCOCC3)cc2COC2CCCC2)cc(OC)c1C. The van der Waals surface area contributed by atoms with Gasteiger partial charge < -0.3 is 23.8 Å². The fourth-order valence-electron chi connectivity index (χ4n) is 5.06. The number of nitrogens with one attached hydrogen (secondary N) is 1. The highest BCUT2D eigenvalue weighted by Crippen LogP contribution is 2.39. The third kappa shape index (κ3) is 6.08. The van der Waals surface area contributed by atoms with Gasteiger partial charge in [0.2, 0.25) is 0 Å². The average Bonchev–Trinajstić information content (AvgIpc) is 3.40. The number of anilines is 1. The van der Waals surface area contributed by atoms with Crippen molar-refractivity contribution >= 4 is 11.7 Å². The molecule has 1 aliphatic carbocycles. The third-order valence-corrected chi connectivity index (χ3v) is 7.06. The minimum atomic E-state index is -0.244. The lowest BCUT2D eigenvalue weighted by molar-refractivity contribution is -0.148. The molecule has 2 fully saturated rings. The summed E-state index contributed by atoms with van der Waals surface area (Å²) in [5.74, 6) is 1.17. The smallest absolute Gasteiger partial charge is 0.335 e. The number of carbonyl (C=O) groups is 1. The van der Waals surface area contributed by atoms with Gasteiger partial charge in [-0.1, -0.05) is 12.8 Å². The maximum atomic E-state index is 12.5. The molecule has 1 saturated carbocycles. The van der Waals surface area contributed by atoms with Gasteiger partial charge in [0.25, 0.3) is 0 Å². The number of hydrogen-bond acceptors (Lipinski definition) is 7. The second-order valence-corrected chi connectivity index (χ2v) is 9.46. The van der Waals surface area contributed by atoms with Gasteiger partial charge >= 0.3 is 5.97 Å². The van der Waals surface area contributed by atoms with E-state index in [0.29, 0.717) is 32.7 Å².